The lowest BCUT2D eigenvalue weighted by molar-refractivity contribution is -0.0154. The number of aliphatic hydroxyl groups excluding tert-OH is 1. The van der Waals surface area contributed by atoms with E-state index in [4.69, 9.17) is 0 Å². The first-order chi connectivity index (χ1) is 12.0. The molecule has 4 bridgehead atoms. The van der Waals surface area contributed by atoms with Crippen molar-refractivity contribution in [2.45, 2.75) is 56.6 Å². The van der Waals surface area contributed by atoms with Gasteiger partial charge >= 0.3 is 6.03 Å². The highest BCUT2D eigenvalue weighted by Crippen LogP contribution is 2.55. The smallest absolute Gasteiger partial charge is 0.317 e. The lowest BCUT2D eigenvalue weighted by Gasteiger charge is -2.57. The summed E-state index contributed by atoms with van der Waals surface area (Å²) in [5.74, 6) is 2.49. The van der Waals surface area contributed by atoms with Crippen molar-refractivity contribution in [3.63, 3.8) is 0 Å². The average Bonchev–Trinajstić information content (AvgIpc) is 2.58. The molecular weight excluding hydrogens is 312 g/mol. The largest absolute Gasteiger partial charge is 0.388 e. The van der Waals surface area contributed by atoms with Crippen molar-refractivity contribution in [2.75, 3.05) is 13.6 Å². The Labute approximate surface area is 150 Å². The number of carbonyl (C=O) groups excluding carboxylic acids is 1. The Hall–Kier alpha value is -1.55. The average molecular weight is 342 g/mol. The van der Waals surface area contributed by atoms with Crippen LogP contribution in [0.5, 0.6) is 0 Å². The molecule has 0 spiro atoms. The van der Waals surface area contributed by atoms with Crippen LogP contribution in [0, 0.1) is 17.8 Å². The Morgan fingerprint density at radius 2 is 1.72 bits per heavy atom. The van der Waals surface area contributed by atoms with Crippen LogP contribution in [0.3, 0.4) is 0 Å². The first-order valence-corrected chi connectivity index (χ1v) is 9.79. The van der Waals surface area contributed by atoms with Crippen molar-refractivity contribution in [3.8, 4) is 0 Å². The molecular formula is C21H30N2O2. The number of rotatable bonds is 5. The Kier molecular flexibility index (Phi) is 4.48. The molecule has 1 unspecified atom stereocenters. The molecule has 4 fully saturated rings. The maximum atomic E-state index is 12.7. The van der Waals surface area contributed by atoms with Gasteiger partial charge in [-0.25, -0.2) is 4.79 Å². The maximum Gasteiger partial charge on any atom is 0.317 e. The van der Waals surface area contributed by atoms with Crippen LogP contribution >= 0.6 is 0 Å². The van der Waals surface area contributed by atoms with Gasteiger partial charge in [0.1, 0.15) is 0 Å². The van der Waals surface area contributed by atoms with Gasteiger partial charge in [0.05, 0.1) is 6.10 Å². The summed E-state index contributed by atoms with van der Waals surface area (Å²) >= 11 is 0. The molecule has 1 aromatic carbocycles. The monoisotopic (exact) mass is 342 g/mol. The predicted octanol–water partition coefficient (Wildman–Crippen LogP) is 3.72. The lowest BCUT2D eigenvalue weighted by Crippen LogP contribution is -2.61. The van der Waals surface area contributed by atoms with Gasteiger partial charge in [-0.3, -0.25) is 0 Å². The molecule has 0 radical (unpaired) electrons. The van der Waals surface area contributed by atoms with Crippen LogP contribution < -0.4 is 5.32 Å². The molecule has 1 atom stereocenters. The van der Waals surface area contributed by atoms with Crippen LogP contribution in [0.25, 0.3) is 0 Å². The Morgan fingerprint density at radius 1 is 1.16 bits per heavy atom. The van der Waals surface area contributed by atoms with Gasteiger partial charge in [0.2, 0.25) is 0 Å². The second-order valence-electron chi connectivity index (χ2n) is 8.76. The van der Waals surface area contributed by atoms with Gasteiger partial charge in [0, 0.05) is 19.1 Å². The molecule has 1 aromatic rings. The first kappa shape index (κ1) is 16.9. The Balaban J connectivity index is 1.31. The third kappa shape index (κ3) is 3.55. The van der Waals surface area contributed by atoms with Crippen molar-refractivity contribution in [1.29, 1.82) is 0 Å². The minimum absolute atomic E-state index is 0.0298. The lowest BCUT2D eigenvalue weighted by atomic mass is 9.53. The van der Waals surface area contributed by atoms with Gasteiger partial charge in [0.25, 0.3) is 0 Å². The van der Waals surface area contributed by atoms with Gasteiger partial charge in [-0.15, -0.1) is 0 Å². The van der Waals surface area contributed by atoms with E-state index in [9.17, 15) is 9.90 Å². The number of nitrogens with one attached hydrogen (secondary N) is 1. The van der Waals surface area contributed by atoms with E-state index in [0.717, 1.165) is 23.3 Å². The van der Waals surface area contributed by atoms with Gasteiger partial charge in [-0.1, -0.05) is 30.3 Å². The molecule has 4 aliphatic rings. The first-order valence-electron chi connectivity index (χ1n) is 9.79. The zero-order chi connectivity index (χ0) is 17.4. The standard InChI is InChI=1S/C21H30N2O2/c1-23(8-7-19(24)18-5-3-2-4-6-18)20(25)22-21-12-15-9-16(13-21)11-17(10-15)14-21/h2-6,15-17,19,24H,7-14H2,1H3,(H,22,25). The van der Waals surface area contributed by atoms with E-state index in [-0.39, 0.29) is 11.6 Å². The zero-order valence-corrected chi connectivity index (χ0v) is 15.2. The van der Waals surface area contributed by atoms with Crippen LogP contribution in [-0.2, 0) is 0 Å². The second-order valence-corrected chi connectivity index (χ2v) is 8.76. The number of carbonyl (C=O) groups is 1. The SMILES string of the molecule is CN(CCC(O)c1ccccc1)C(=O)NC12CC3CC(CC(C3)C1)C2. The number of amides is 2. The number of benzene rings is 1. The summed E-state index contributed by atoms with van der Waals surface area (Å²) in [4.78, 5) is 14.5. The van der Waals surface area contributed by atoms with Crippen molar-refractivity contribution in [1.82, 2.24) is 10.2 Å². The molecule has 4 nitrogen and oxygen atoms in total. The Bertz CT molecular complexity index is 580. The van der Waals surface area contributed by atoms with Crippen molar-refractivity contribution in [3.05, 3.63) is 35.9 Å². The normalized spacial score (nSPS) is 33.9. The van der Waals surface area contributed by atoms with E-state index in [2.05, 4.69) is 5.32 Å². The molecule has 2 amide bonds. The number of nitrogens with zero attached hydrogens (tertiary/aromatic N) is 1. The molecule has 25 heavy (non-hydrogen) atoms. The molecule has 0 heterocycles. The zero-order valence-electron chi connectivity index (χ0n) is 15.2. The van der Waals surface area contributed by atoms with E-state index in [0.29, 0.717) is 13.0 Å². The quantitative estimate of drug-likeness (QED) is 0.857. The fraction of sp³-hybridized carbons (Fsp3) is 0.667. The van der Waals surface area contributed by atoms with Gasteiger partial charge < -0.3 is 15.3 Å². The molecule has 0 saturated heterocycles. The summed E-state index contributed by atoms with van der Waals surface area (Å²) in [5.41, 5.74) is 0.968. The van der Waals surface area contributed by atoms with Crippen LogP contribution in [0.4, 0.5) is 4.79 Å². The molecule has 2 N–H and O–H groups in total. The molecule has 0 aromatic heterocycles. The molecule has 4 heteroatoms. The van der Waals surface area contributed by atoms with Crippen molar-refractivity contribution >= 4 is 6.03 Å². The van der Waals surface area contributed by atoms with Gasteiger partial charge in [0.15, 0.2) is 0 Å². The molecule has 5 rings (SSSR count). The number of hydrogen-bond donors (Lipinski definition) is 2. The predicted molar refractivity (Wildman–Crippen MR) is 98.1 cm³/mol. The van der Waals surface area contributed by atoms with Gasteiger partial charge in [-0.05, 0) is 68.3 Å². The fourth-order valence-electron chi connectivity index (χ4n) is 5.85. The van der Waals surface area contributed by atoms with E-state index in [1.54, 1.807) is 4.90 Å². The summed E-state index contributed by atoms with van der Waals surface area (Å²) in [6, 6.07) is 9.70. The number of aliphatic hydroxyl groups is 1. The second kappa shape index (κ2) is 6.64. The summed E-state index contributed by atoms with van der Waals surface area (Å²) in [7, 11) is 1.84. The molecule has 4 aliphatic carbocycles. The number of urea groups is 1. The number of hydrogen-bond acceptors (Lipinski definition) is 2. The fourth-order valence-corrected chi connectivity index (χ4v) is 5.85. The minimum Gasteiger partial charge on any atom is -0.388 e. The highest BCUT2D eigenvalue weighted by atomic mass is 16.3. The summed E-state index contributed by atoms with van der Waals surface area (Å²) < 4.78 is 0. The molecule has 4 saturated carbocycles. The highest BCUT2D eigenvalue weighted by molar-refractivity contribution is 5.74. The third-order valence-electron chi connectivity index (χ3n) is 6.68. The summed E-state index contributed by atoms with van der Waals surface area (Å²) in [5, 5.41) is 13.7. The summed E-state index contributed by atoms with van der Waals surface area (Å²) in [6.45, 7) is 0.564. The van der Waals surface area contributed by atoms with Crippen LogP contribution in [0.15, 0.2) is 30.3 Å². The third-order valence-corrected chi connectivity index (χ3v) is 6.68. The van der Waals surface area contributed by atoms with Crippen molar-refractivity contribution < 1.29 is 9.90 Å². The maximum absolute atomic E-state index is 12.7. The van der Waals surface area contributed by atoms with Crippen LogP contribution in [0.1, 0.15) is 56.6 Å². The van der Waals surface area contributed by atoms with E-state index in [1.165, 1.54) is 38.5 Å². The van der Waals surface area contributed by atoms with Crippen LogP contribution in [0.2, 0.25) is 0 Å². The van der Waals surface area contributed by atoms with Crippen molar-refractivity contribution in [2.24, 2.45) is 17.8 Å². The van der Waals surface area contributed by atoms with Crippen LogP contribution in [-0.4, -0.2) is 35.2 Å². The highest BCUT2D eigenvalue weighted by Gasteiger charge is 2.51. The van der Waals surface area contributed by atoms with Gasteiger partial charge in [-0.2, -0.15) is 0 Å². The van der Waals surface area contributed by atoms with E-state index < -0.39 is 6.10 Å². The topological polar surface area (TPSA) is 52.6 Å². The summed E-state index contributed by atoms with van der Waals surface area (Å²) in [6.07, 6.45) is 7.71. The minimum atomic E-state index is -0.518. The Morgan fingerprint density at radius 3 is 2.28 bits per heavy atom. The molecule has 0 aliphatic heterocycles. The van der Waals surface area contributed by atoms with E-state index in [1.807, 2.05) is 37.4 Å². The van der Waals surface area contributed by atoms with E-state index >= 15 is 0 Å². The molecule has 136 valence electrons.